The van der Waals surface area contributed by atoms with E-state index < -0.39 is 0 Å². The van der Waals surface area contributed by atoms with Gasteiger partial charge in [0.15, 0.2) is 0 Å². The molecule has 1 aromatic carbocycles. The summed E-state index contributed by atoms with van der Waals surface area (Å²) in [6.07, 6.45) is 0. The van der Waals surface area contributed by atoms with Crippen LogP contribution < -0.4 is 11.0 Å². The Balaban J connectivity index is 2.10. The molecule has 0 saturated carbocycles. The molecule has 22 heavy (non-hydrogen) atoms. The second kappa shape index (κ2) is 5.29. The summed E-state index contributed by atoms with van der Waals surface area (Å²) in [6.45, 7) is 7.77. The first-order chi connectivity index (χ1) is 10.5. The first-order valence-electron chi connectivity index (χ1n) is 7.29. The van der Waals surface area contributed by atoms with Crippen molar-refractivity contribution in [2.45, 2.75) is 33.7 Å². The van der Waals surface area contributed by atoms with Crippen LogP contribution in [0.2, 0.25) is 0 Å². The lowest BCUT2D eigenvalue weighted by Crippen LogP contribution is -2.23. The van der Waals surface area contributed by atoms with E-state index in [1.807, 2.05) is 58.0 Å². The summed E-state index contributed by atoms with van der Waals surface area (Å²) in [5, 5.41) is 7.60. The zero-order chi connectivity index (χ0) is 15.9. The Kier molecular flexibility index (Phi) is 3.44. The standard InChI is InChI=1S/C16H19N5O/c1-10(2)21-16(22)20-12(4)9-14(18-15(20)19-21)17-13-8-6-5-7-11(13)3/h5-10H,1-4H3,(H,17,18,19). The molecule has 6 heteroatoms. The average molecular weight is 297 g/mol. The van der Waals surface area contributed by atoms with E-state index in [9.17, 15) is 4.79 Å². The van der Waals surface area contributed by atoms with Gasteiger partial charge in [-0.3, -0.25) is 0 Å². The summed E-state index contributed by atoms with van der Waals surface area (Å²) in [5.41, 5.74) is 2.77. The van der Waals surface area contributed by atoms with Gasteiger partial charge in [0.05, 0.1) is 6.04 Å². The zero-order valence-corrected chi connectivity index (χ0v) is 13.2. The highest BCUT2D eigenvalue weighted by molar-refractivity contribution is 5.61. The highest BCUT2D eigenvalue weighted by atomic mass is 16.2. The third kappa shape index (κ3) is 2.36. The number of aryl methyl sites for hydroxylation is 2. The van der Waals surface area contributed by atoms with Crippen molar-refractivity contribution < 1.29 is 0 Å². The number of hydrogen-bond acceptors (Lipinski definition) is 4. The highest BCUT2D eigenvalue weighted by Gasteiger charge is 2.13. The van der Waals surface area contributed by atoms with Gasteiger partial charge in [-0.05, 0) is 39.3 Å². The third-order valence-electron chi connectivity index (χ3n) is 3.60. The molecule has 2 aromatic heterocycles. The predicted octanol–water partition coefficient (Wildman–Crippen LogP) is 2.83. The Bertz CT molecular complexity index is 891. The number of benzene rings is 1. The monoisotopic (exact) mass is 297 g/mol. The molecule has 6 nitrogen and oxygen atoms in total. The molecule has 0 aliphatic rings. The summed E-state index contributed by atoms with van der Waals surface area (Å²) < 4.78 is 2.98. The van der Waals surface area contributed by atoms with Gasteiger partial charge < -0.3 is 5.32 Å². The third-order valence-corrected chi connectivity index (χ3v) is 3.60. The Morgan fingerprint density at radius 1 is 1.18 bits per heavy atom. The largest absolute Gasteiger partial charge is 0.352 e. The van der Waals surface area contributed by atoms with E-state index in [0.717, 1.165) is 16.9 Å². The van der Waals surface area contributed by atoms with Crippen LogP contribution in [0.1, 0.15) is 31.1 Å². The maximum absolute atomic E-state index is 12.3. The Hall–Kier alpha value is -2.63. The van der Waals surface area contributed by atoms with Crippen molar-refractivity contribution in [2.75, 3.05) is 5.32 Å². The van der Waals surface area contributed by atoms with E-state index in [4.69, 9.17) is 0 Å². The summed E-state index contributed by atoms with van der Waals surface area (Å²) in [6, 6.07) is 9.85. The van der Waals surface area contributed by atoms with E-state index in [0.29, 0.717) is 11.6 Å². The van der Waals surface area contributed by atoms with Crippen molar-refractivity contribution in [3.63, 3.8) is 0 Å². The summed E-state index contributed by atoms with van der Waals surface area (Å²) in [4.78, 5) is 16.8. The minimum atomic E-state index is -0.155. The van der Waals surface area contributed by atoms with Gasteiger partial charge in [-0.25, -0.2) is 13.9 Å². The predicted molar refractivity (Wildman–Crippen MR) is 86.8 cm³/mol. The maximum Gasteiger partial charge on any atom is 0.352 e. The number of nitrogens with zero attached hydrogens (tertiary/aromatic N) is 4. The van der Waals surface area contributed by atoms with Crippen molar-refractivity contribution >= 4 is 17.3 Å². The van der Waals surface area contributed by atoms with Crippen LogP contribution in [0.5, 0.6) is 0 Å². The summed E-state index contributed by atoms with van der Waals surface area (Å²) >= 11 is 0. The van der Waals surface area contributed by atoms with E-state index in [2.05, 4.69) is 15.4 Å². The molecule has 0 radical (unpaired) electrons. The molecule has 3 aromatic rings. The Morgan fingerprint density at radius 2 is 1.91 bits per heavy atom. The van der Waals surface area contributed by atoms with Gasteiger partial charge in [0, 0.05) is 17.4 Å². The fraction of sp³-hybridized carbons (Fsp3) is 0.312. The molecular formula is C16H19N5O. The molecule has 114 valence electrons. The molecule has 0 amide bonds. The minimum absolute atomic E-state index is 0.00127. The summed E-state index contributed by atoms with van der Waals surface area (Å²) in [5.74, 6) is 1.09. The van der Waals surface area contributed by atoms with Crippen LogP contribution in [0.15, 0.2) is 35.1 Å². The van der Waals surface area contributed by atoms with Gasteiger partial charge in [-0.15, -0.1) is 5.10 Å². The van der Waals surface area contributed by atoms with Crippen molar-refractivity contribution in [2.24, 2.45) is 0 Å². The lowest BCUT2D eigenvalue weighted by molar-refractivity contribution is 0.513. The average Bonchev–Trinajstić information content (AvgIpc) is 2.79. The molecule has 0 saturated heterocycles. The maximum atomic E-state index is 12.3. The zero-order valence-electron chi connectivity index (χ0n) is 13.2. The SMILES string of the molecule is Cc1ccccc1Nc1cc(C)n2c(=O)n(C(C)C)nc2n1. The lowest BCUT2D eigenvalue weighted by Gasteiger charge is -2.09. The molecule has 0 unspecified atom stereocenters. The van der Waals surface area contributed by atoms with E-state index in [1.165, 1.54) is 9.08 Å². The molecule has 3 rings (SSSR count). The molecule has 0 aliphatic carbocycles. The number of hydrogen-bond donors (Lipinski definition) is 1. The molecule has 0 bridgehead atoms. The van der Waals surface area contributed by atoms with Crippen LogP contribution in [0.4, 0.5) is 11.5 Å². The second-order valence-corrected chi connectivity index (χ2v) is 5.68. The molecular weight excluding hydrogens is 278 g/mol. The van der Waals surface area contributed by atoms with Gasteiger partial charge >= 0.3 is 5.69 Å². The molecule has 0 fully saturated rings. The molecule has 0 aliphatic heterocycles. The first-order valence-corrected chi connectivity index (χ1v) is 7.29. The number of fused-ring (bicyclic) bond motifs is 1. The first kappa shape index (κ1) is 14.3. The quantitative estimate of drug-likeness (QED) is 0.807. The van der Waals surface area contributed by atoms with E-state index in [1.54, 1.807) is 0 Å². The van der Waals surface area contributed by atoms with Crippen molar-refractivity contribution in [1.82, 2.24) is 19.2 Å². The van der Waals surface area contributed by atoms with E-state index >= 15 is 0 Å². The number of anilines is 2. The van der Waals surface area contributed by atoms with E-state index in [-0.39, 0.29) is 11.7 Å². The number of rotatable bonds is 3. The minimum Gasteiger partial charge on any atom is -0.340 e. The molecule has 2 heterocycles. The van der Waals surface area contributed by atoms with Gasteiger partial charge in [0.25, 0.3) is 5.78 Å². The van der Waals surface area contributed by atoms with Crippen LogP contribution in [0.25, 0.3) is 5.78 Å². The number of para-hydroxylation sites is 1. The Morgan fingerprint density at radius 3 is 2.59 bits per heavy atom. The highest BCUT2D eigenvalue weighted by Crippen LogP contribution is 2.19. The number of nitrogens with one attached hydrogen (secondary N) is 1. The van der Waals surface area contributed by atoms with Crippen LogP contribution in [-0.4, -0.2) is 19.2 Å². The van der Waals surface area contributed by atoms with Gasteiger partial charge in [0.1, 0.15) is 5.82 Å². The number of aromatic nitrogens is 4. The van der Waals surface area contributed by atoms with Crippen LogP contribution in [0, 0.1) is 13.8 Å². The van der Waals surface area contributed by atoms with Gasteiger partial charge in [-0.2, -0.15) is 4.98 Å². The fourth-order valence-corrected chi connectivity index (χ4v) is 2.41. The molecule has 0 spiro atoms. The van der Waals surface area contributed by atoms with Crippen LogP contribution in [-0.2, 0) is 0 Å². The van der Waals surface area contributed by atoms with Crippen LogP contribution in [0.3, 0.4) is 0 Å². The second-order valence-electron chi connectivity index (χ2n) is 5.68. The summed E-state index contributed by atoms with van der Waals surface area (Å²) in [7, 11) is 0. The Labute approximate surface area is 128 Å². The molecule has 0 atom stereocenters. The van der Waals surface area contributed by atoms with Crippen molar-refractivity contribution in [3.8, 4) is 0 Å². The fourth-order valence-electron chi connectivity index (χ4n) is 2.41. The van der Waals surface area contributed by atoms with Crippen molar-refractivity contribution in [1.29, 1.82) is 0 Å². The lowest BCUT2D eigenvalue weighted by atomic mass is 10.2. The van der Waals surface area contributed by atoms with Gasteiger partial charge in [0.2, 0.25) is 0 Å². The van der Waals surface area contributed by atoms with Crippen molar-refractivity contribution in [3.05, 3.63) is 52.1 Å². The smallest absolute Gasteiger partial charge is 0.340 e. The van der Waals surface area contributed by atoms with Crippen LogP contribution >= 0.6 is 0 Å². The van der Waals surface area contributed by atoms with Gasteiger partial charge in [-0.1, -0.05) is 18.2 Å². The topological polar surface area (TPSA) is 64.2 Å². The molecule has 1 N–H and O–H groups in total. The normalized spacial score (nSPS) is 11.3.